The number of benzene rings is 2. The van der Waals surface area contributed by atoms with Gasteiger partial charge in [0.15, 0.2) is 0 Å². The van der Waals surface area contributed by atoms with Crippen LogP contribution in [0.5, 0.6) is 5.75 Å². The standard InChI is InChI=1S/C19H17BrClNO2/c1-23-18-5-3-2-4-13(18)11-22-12-15-7-9-19(24-15)16-8-6-14(20)10-17(16)21/h2-10,22H,11-12H2,1H3. The van der Waals surface area contributed by atoms with Crippen molar-refractivity contribution in [2.75, 3.05) is 7.11 Å². The molecule has 0 aliphatic rings. The number of methoxy groups -OCH3 is 1. The second-order valence-corrected chi connectivity index (χ2v) is 6.63. The summed E-state index contributed by atoms with van der Waals surface area (Å²) in [6.45, 7) is 1.34. The van der Waals surface area contributed by atoms with Gasteiger partial charge in [0.25, 0.3) is 0 Å². The summed E-state index contributed by atoms with van der Waals surface area (Å²) >= 11 is 9.68. The summed E-state index contributed by atoms with van der Waals surface area (Å²) < 4.78 is 12.2. The first-order valence-electron chi connectivity index (χ1n) is 7.54. The Balaban J connectivity index is 1.64. The zero-order valence-electron chi connectivity index (χ0n) is 13.2. The summed E-state index contributed by atoms with van der Waals surface area (Å²) in [5, 5.41) is 4.03. The molecule has 0 radical (unpaired) electrons. The Kier molecular flexibility index (Phi) is 5.61. The van der Waals surface area contributed by atoms with Crippen LogP contribution < -0.4 is 10.1 Å². The van der Waals surface area contributed by atoms with Crippen molar-refractivity contribution in [3.8, 4) is 17.1 Å². The van der Waals surface area contributed by atoms with Crippen LogP contribution in [0.2, 0.25) is 5.02 Å². The van der Waals surface area contributed by atoms with E-state index in [0.717, 1.165) is 32.9 Å². The first-order valence-corrected chi connectivity index (χ1v) is 8.71. The van der Waals surface area contributed by atoms with E-state index in [1.165, 1.54) is 0 Å². The van der Waals surface area contributed by atoms with E-state index in [-0.39, 0.29) is 0 Å². The van der Waals surface area contributed by atoms with Crippen molar-refractivity contribution in [3.05, 3.63) is 75.4 Å². The number of furan rings is 1. The summed E-state index contributed by atoms with van der Waals surface area (Å²) in [5.41, 5.74) is 2.00. The Morgan fingerprint density at radius 1 is 1.08 bits per heavy atom. The molecule has 0 spiro atoms. The van der Waals surface area contributed by atoms with Crippen LogP contribution in [0.25, 0.3) is 11.3 Å². The van der Waals surface area contributed by atoms with E-state index in [1.54, 1.807) is 7.11 Å². The molecule has 3 nitrogen and oxygen atoms in total. The number of nitrogens with one attached hydrogen (secondary N) is 1. The Labute approximate surface area is 154 Å². The second kappa shape index (κ2) is 7.88. The molecule has 0 aliphatic carbocycles. The summed E-state index contributed by atoms with van der Waals surface area (Å²) in [7, 11) is 1.68. The predicted octanol–water partition coefficient (Wildman–Crippen LogP) is 5.66. The number of halogens is 2. The molecule has 0 amide bonds. The van der Waals surface area contributed by atoms with Gasteiger partial charge in [-0.1, -0.05) is 45.7 Å². The molecule has 3 rings (SSSR count). The van der Waals surface area contributed by atoms with Gasteiger partial charge in [-0.05, 0) is 36.4 Å². The molecular weight excluding hydrogens is 390 g/mol. The van der Waals surface area contributed by atoms with Crippen LogP contribution in [0.15, 0.2) is 63.5 Å². The van der Waals surface area contributed by atoms with Crippen molar-refractivity contribution in [2.45, 2.75) is 13.1 Å². The second-order valence-electron chi connectivity index (χ2n) is 5.31. The highest BCUT2D eigenvalue weighted by Gasteiger charge is 2.09. The zero-order valence-corrected chi connectivity index (χ0v) is 15.5. The Bertz CT molecular complexity index is 832. The number of rotatable bonds is 6. The SMILES string of the molecule is COc1ccccc1CNCc1ccc(-c2ccc(Br)cc2Cl)o1. The van der Waals surface area contributed by atoms with Gasteiger partial charge < -0.3 is 14.5 Å². The topological polar surface area (TPSA) is 34.4 Å². The van der Waals surface area contributed by atoms with E-state index in [4.69, 9.17) is 20.8 Å². The molecular formula is C19H17BrClNO2. The van der Waals surface area contributed by atoms with Crippen molar-refractivity contribution < 1.29 is 9.15 Å². The van der Waals surface area contributed by atoms with Gasteiger partial charge in [-0.2, -0.15) is 0 Å². The molecule has 1 heterocycles. The van der Waals surface area contributed by atoms with Crippen molar-refractivity contribution in [1.82, 2.24) is 5.32 Å². The lowest BCUT2D eigenvalue weighted by Crippen LogP contribution is -2.12. The molecule has 1 N–H and O–H groups in total. The van der Waals surface area contributed by atoms with Crippen LogP contribution in [0.1, 0.15) is 11.3 Å². The molecule has 0 aliphatic heterocycles. The minimum Gasteiger partial charge on any atom is -0.496 e. The number of ether oxygens (including phenoxy) is 1. The maximum absolute atomic E-state index is 6.27. The van der Waals surface area contributed by atoms with E-state index in [2.05, 4.69) is 21.2 Å². The molecule has 1 aromatic heterocycles. The molecule has 0 bridgehead atoms. The molecule has 0 unspecified atom stereocenters. The molecule has 24 heavy (non-hydrogen) atoms. The lowest BCUT2D eigenvalue weighted by atomic mass is 10.2. The van der Waals surface area contributed by atoms with Gasteiger partial charge in [0.2, 0.25) is 0 Å². The third-order valence-electron chi connectivity index (χ3n) is 3.67. The van der Waals surface area contributed by atoms with Crippen molar-refractivity contribution in [2.24, 2.45) is 0 Å². The first-order chi connectivity index (χ1) is 11.7. The third kappa shape index (κ3) is 4.01. The largest absolute Gasteiger partial charge is 0.496 e. The average Bonchev–Trinajstić information content (AvgIpc) is 3.04. The van der Waals surface area contributed by atoms with E-state index in [0.29, 0.717) is 18.1 Å². The highest BCUT2D eigenvalue weighted by atomic mass is 79.9. The van der Waals surface area contributed by atoms with Crippen molar-refractivity contribution in [1.29, 1.82) is 0 Å². The molecule has 0 atom stereocenters. The molecule has 0 saturated heterocycles. The van der Waals surface area contributed by atoms with Gasteiger partial charge in [0, 0.05) is 22.1 Å². The number of hydrogen-bond donors (Lipinski definition) is 1. The van der Waals surface area contributed by atoms with E-state index < -0.39 is 0 Å². The summed E-state index contributed by atoms with van der Waals surface area (Å²) in [6, 6.07) is 17.6. The minimum absolute atomic E-state index is 0.631. The summed E-state index contributed by atoms with van der Waals surface area (Å²) in [6.07, 6.45) is 0. The maximum Gasteiger partial charge on any atom is 0.135 e. The molecule has 124 valence electrons. The quantitative estimate of drug-likeness (QED) is 0.573. The lowest BCUT2D eigenvalue weighted by molar-refractivity contribution is 0.406. The van der Waals surface area contributed by atoms with Crippen LogP contribution in [0.4, 0.5) is 0 Å². The Morgan fingerprint density at radius 3 is 2.71 bits per heavy atom. The Morgan fingerprint density at radius 2 is 1.92 bits per heavy atom. The van der Waals surface area contributed by atoms with Gasteiger partial charge in [-0.3, -0.25) is 0 Å². The van der Waals surface area contributed by atoms with Crippen LogP contribution in [-0.4, -0.2) is 7.11 Å². The lowest BCUT2D eigenvalue weighted by Gasteiger charge is -2.08. The fourth-order valence-corrected chi connectivity index (χ4v) is 3.24. The molecule has 0 saturated carbocycles. The van der Waals surface area contributed by atoms with Crippen LogP contribution in [0.3, 0.4) is 0 Å². The highest BCUT2D eigenvalue weighted by Crippen LogP contribution is 2.31. The van der Waals surface area contributed by atoms with E-state index in [9.17, 15) is 0 Å². The predicted molar refractivity (Wildman–Crippen MR) is 100 cm³/mol. The molecule has 2 aromatic carbocycles. The van der Waals surface area contributed by atoms with Gasteiger partial charge in [-0.15, -0.1) is 0 Å². The highest BCUT2D eigenvalue weighted by molar-refractivity contribution is 9.10. The van der Waals surface area contributed by atoms with Crippen LogP contribution >= 0.6 is 27.5 Å². The smallest absolute Gasteiger partial charge is 0.135 e. The molecule has 5 heteroatoms. The number of hydrogen-bond acceptors (Lipinski definition) is 3. The summed E-state index contributed by atoms with van der Waals surface area (Å²) in [4.78, 5) is 0. The molecule has 0 fully saturated rings. The minimum atomic E-state index is 0.631. The van der Waals surface area contributed by atoms with Gasteiger partial charge in [-0.25, -0.2) is 0 Å². The van der Waals surface area contributed by atoms with E-state index in [1.807, 2.05) is 54.6 Å². The normalized spacial score (nSPS) is 10.8. The van der Waals surface area contributed by atoms with Crippen LogP contribution in [-0.2, 0) is 13.1 Å². The van der Waals surface area contributed by atoms with Crippen molar-refractivity contribution in [3.63, 3.8) is 0 Å². The van der Waals surface area contributed by atoms with Gasteiger partial charge in [0.05, 0.1) is 18.7 Å². The fraction of sp³-hybridized carbons (Fsp3) is 0.158. The zero-order chi connectivity index (χ0) is 16.9. The monoisotopic (exact) mass is 405 g/mol. The van der Waals surface area contributed by atoms with Crippen molar-refractivity contribution >= 4 is 27.5 Å². The Hall–Kier alpha value is -1.75. The fourth-order valence-electron chi connectivity index (χ4n) is 2.48. The molecule has 3 aromatic rings. The maximum atomic E-state index is 6.27. The first kappa shape index (κ1) is 17.1. The summed E-state index contributed by atoms with van der Waals surface area (Å²) in [5.74, 6) is 2.51. The van der Waals surface area contributed by atoms with Gasteiger partial charge in [0.1, 0.15) is 17.3 Å². The number of para-hydroxylation sites is 1. The van der Waals surface area contributed by atoms with E-state index >= 15 is 0 Å². The third-order valence-corrected chi connectivity index (χ3v) is 4.47. The van der Waals surface area contributed by atoms with Gasteiger partial charge >= 0.3 is 0 Å². The average molecular weight is 407 g/mol. The van der Waals surface area contributed by atoms with Crippen LogP contribution in [0, 0.1) is 0 Å².